The van der Waals surface area contributed by atoms with Gasteiger partial charge in [-0.1, -0.05) is 46.3 Å². The zero-order valence-electron chi connectivity index (χ0n) is 13.3. The highest BCUT2D eigenvalue weighted by atomic mass is 79.9. The predicted molar refractivity (Wildman–Crippen MR) is 101 cm³/mol. The summed E-state index contributed by atoms with van der Waals surface area (Å²) in [4.78, 5) is 4.46. The number of nitrogens with one attached hydrogen (secondary N) is 2. The molecule has 0 atom stereocenters. The van der Waals surface area contributed by atoms with Crippen LogP contribution in [0.1, 0.15) is 11.1 Å². The lowest BCUT2D eigenvalue weighted by Gasteiger charge is -2.10. The molecule has 0 spiro atoms. The molecular formula is C18H18BrN5. The topological polar surface area (TPSA) is 62.7 Å². The van der Waals surface area contributed by atoms with E-state index in [-0.39, 0.29) is 0 Å². The molecule has 0 saturated heterocycles. The van der Waals surface area contributed by atoms with Gasteiger partial charge in [0.05, 0.1) is 6.20 Å². The Kier molecular flexibility index (Phi) is 5.38. The lowest BCUT2D eigenvalue weighted by Crippen LogP contribution is -2.09. The van der Waals surface area contributed by atoms with Gasteiger partial charge in [0.15, 0.2) is 5.82 Å². The third kappa shape index (κ3) is 4.52. The normalized spacial score (nSPS) is 10.4. The molecule has 122 valence electrons. The van der Waals surface area contributed by atoms with Gasteiger partial charge in [-0.3, -0.25) is 0 Å². The number of rotatable bonds is 6. The van der Waals surface area contributed by atoms with Gasteiger partial charge in [0.25, 0.3) is 0 Å². The Morgan fingerprint density at radius 1 is 1.08 bits per heavy atom. The zero-order valence-corrected chi connectivity index (χ0v) is 14.9. The van der Waals surface area contributed by atoms with Crippen molar-refractivity contribution in [2.75, 3.05) is 17.2 Å². The molecule has 6 heteroatoms. The van der Waals surface area contributed by atoms with E-state index in [0.29, 0.717) is 11.8 Å². The van der Waals surface area contributed by atoms with Crippen molar-refractivity contribution in [1.29, 1.82) is 0 Å². The van der Waals surface area contributed by atoms with Crippen LogP contribution in [0.25, 0.3) is 0 Å². The van der Waals surface area contributed by atoms with E-state index >= 15 is 0 Å². The first-order chi connectivity index (χ1) is 11.7. The predicted octanol–water partition coefficient (Wildman–Crippen LogP) is 4.34. The first kappa shape index (κ1) is 16.4. The van der Waals surface area contributed by atoms with Gasteiger partial charge in [0, 0.05) is 16.7 Å². The first-order valence-electron chi connectivity index (χ1n) is 7.71. The maximum absolute atomic E-state index is 4.46. The second-order valence-electron chi connectivity index (χ2n) is 5.41. The minimum absolute atomic E-state index is 0.477. The van der Waals surface area contributed by atoms with E-state index in [0.717, 1.165) is 28.7 Å². The van der Waals surface area contributed by atoms with Crippen molar-refractivity contribution in [3.05, 3.63) is 70.3 Å². The Bertz CT molecular complexity index is 808. The average Bonchev–Trinajstić information content (AvgIpc) is 2.59. The molecule has 0 amide bonds. The molecule has 1 aromatic heterocycles. The number of hydrogen-bond donors (Lipinski definition) is 2. The van der Waals surface area contributed by atoms with E-state index in [9.17, 15) is 0 Å². The van der Waals surface area contributed by atoms with Crippen molar-refractivity contribution in [2.45, 2.75) is 13.3 Å². The molecule has 0 bridgehead atoms. The van der Waals surface area contributed by atoms with Gasteiger partial charge >= 0.3 is 0 Å². The Hall–Kier alpha value is -2.47. The average molecular weight is 384 g/mol. The smallest absolute Gasteiger partial charge is 0.249 e. The van der Waals surface area contributed by atoms with Gasteiger partial charge < -0.3 is 10.6 Å². The molecule has 5 nitrogen and oxygen atoms in total. The fraction of sp³-hybridized carbons (Fsp3) is 0.167. The molecule has 24 heavy (non-hydrogen) atoms. The number of nitrogens with zero attached hydrogens (tertiary/aromatic N) is 3. The van der Waals surface area contributed by atoms with Gasteiger partial charge in [-0.2, -0.15) is 10.1 Å². The van der Waals surface area contributed by atoms with Crippen LogP contribution in [0.15, 0.2) is 59.2 Å². The standard InChI is InChI=1S/C18H18BrN5/c1-13-11-15(19)7-8-16(13)22-18-23-17(12-21-24-18)20-10-9-14-5-3-2-4-6-14/h2-8,11-12H,9-10H2,1H3,(H2,20,22,23,24). The van der Waals surface area contributed by atoms with Crippen LogP contribution < -0.4 is 10.6 Å². The van der Waals surface area contributed by atoms with Gasteiger partial charge in [0.2, 0.25) is 5.95 Å². The molecule has 2 aromatic carbocycles. The van der Waals surface area contributed by atoms with Crippen molar-refractivity contribution in [2.24, 2.45) is 0 Å². The number of aryl methyl sites for hydroxylation is 1. The summed E-state index contributed by atoms with van der Waals surface area (Å²) in [6.07, 6.45) is 2.56. The van der Waals surface area contributed by atoms with E-state index in [2.05, 4.69) is 53.9 Å². The monoisotopic (exact) mass is 383 g/mol. The summed E-state index contributed by atoms with van der Waals surface area (Å²) in [5.41, 5.74) is 3.35. The third-order valence-electron chi connectivity index (χ3n) is 3.56. The number of hydrogen-bond acceptors (Lipinski definition) is 5. The van der Waals surface area contributed by atoms with E-state index in [1.54, 1.807) is 6.20 Å². The highest BCUT2D eigenvalue weighted by Gasteiger charge is 2.04. The van der Waals surface area contributed by atoms with Gasteiger partial charge in [-0.15, -0.1) is 5.10 Å². The largest absolute Gasteiger partial charge is 0.368 e. The molecule has 3 rings (SSSR count). The molecule has 1 heterocycles. The zero-order chi connectivity index (χ0) is 16.8. The summed E-state index contributed by atoms with van der Waals surface area (Å²) in [7, 11) is 0. The molecule has 0 unspecified atom stereocenters. The third-order valence-corrected chi connectivity index (χ3v) is 4.05. The van der Waals surface area contributed by atoms with E-state index in [4.69, 9.17) is 0 Å². The van der Waals surface area contributed by atoms with E-state index < -0.39 is 0 Å². The molecule has 0 saturated carbocycles. The molecule has 0 aliphatic rings. The summed E-state index contributed by atoms with van der Waals surface area (Å²) < 4.78 is 1.04. The van der Waals surface area contributed by atoms with Crippen molar-refractivity contribution in [3.8, 4) is 0 Å². The van der Waals surface area contributed by atoms with Crippen molar-refractivity contribution >= 4 is 33.4 Å². The fourth-order valence-electron chi connectivity index (χ4n) is 2.31. The lowest BCUT2D eigenvalue weighted by molar-refractivity contribution is 0.950. The first-order valence-corrected chi connectivity index (χ1v) is 8.51. The Morgan fingerprint density at radius 3 is 2.71 bits per heavy atom. The Balaban J connectivity index is 1.61. The molecule has 3 aromatic rings. The van der Waals surface area contributed by atoms with Crippen LogP contribution >= 0.6 is 15.9 Å². The quantitative estimate of drug-likeness (QED) is 0.662. The maximum Gasteiger partial charge on any atom is 0.249 e. The number of anilines is 3. The van der Waals surface area contributed by atoms with Crippen molar-refractivity contribution in [3.63, 3.8) is 0 Å². The minimum atomic E-state index is 0.477. The second-order valence-corrected chi connectivity index (χ2v) is 6.33. The van der Waals surface area contributed by atoms with Gasteiger partial charge in [0.1, 0.15) is 0 Å². The Labute approximate surface area is 149 Å². The second kappa shape index (κ2) is 7.88. The van der Waals surface area contributed by atoms with Crippen LogP contribution in [0.2, 0.25) is 0 Å². The van der Waals surface area contributed by atoms with Crippen LogP contribution in [0.5, 0.6) is 0 Å². The van der Waals surface area contributed by atoms with Crippen LogP contribution in [0.3, 0.4) is 0 Å². The molecule has 0 aliphatic carbocycles. The van der Waals surface area contributed by atoms with E-state index in [1.807, 2.05) is 43.3 Å². The molecule has 0 aliphatic heterocycles. The molecule has 0 fully saturated rings. The van der Waals surface area contributed by atoms with E-state index in [1.165, 1.54) is 5.56 Å². The molecule has 2 N–H and O–H groups in total. The summed E-state index contributed by atoms with van der Waals surface area (Å²) in [5.74, 6) is 1.18. The Morgan fingerprint density at radius 2 is 1.92 bits per heavy atom. The van der Waals surface area contributed by atoms with Crippen LogP contribution in [-0.2, 0) is 6.42 Å². The fourth-order valence-corrected chi connectivity index (χ4v) is 2.78. The summed E-state index contributed by atoms with van der Waals surface area (Å²) in [6, 6.07) is 16.3. The highest BCUT2D eigenvalue weighted by molar-refractivity contribution is 9.10. The summed E-state index contributed by atoms with van der Waals surface area (Å²) in [6.45, 7) is 2.82. The van der Waals surface area contributed by atoms with Crippen LogP contribution in [0.4, 0.5) is 17.5 Å². The van der Waals surface area contributed by atoms with Crippen molar-refractivity contribution in [1.82, 2.24) is 15.2 Å². The number of halogens is 1. The number of aromatic nitrogens is 3. The summed E-state index contributed by atoms with van der Waals surface area (Å²) in [5, 5.41) is 14.5. The number of benzene rings is 2. The van der Waals surface area contributed by atoms with Gasteiger partial charge in [-0.25, -0.2) is 0 Å². The summed E-state index contributed by atoms with van der Waals surface area (Å²) >= 11 is 3.46. The lowest BCUT2D eigenvalue weighted by atomic mass is 10.1. The SMILES string of the molecule is Cc1cc(Br)ccc1Nc1nncc(NCCc2ccccc2)n1. The maximum atomic E-state index is 4.46. The molecule has 0 radical (unpaired) electrons. The van der Waals surface area contributed by atoms with Gasteiger partial charge in [-0.05, 0) is 42.7 Å². The minimum Gasteiger partial charge on any atom is -0.368 e. The van der Waals surface area contributed by atoms with Crippen LogP contribution in [-0.4, -0.2) is 21.7 Å². The highest BCUT2D eigenvalue weighted by Crippen LogP contribution is 2.22. The van der Waals surface area contributed by atoms with Crippen molar-refractivity contribution < 1.29 is 0 Å². The molecular weight excluding hydrogens is 366 g/mol. The van der Waals surface area contributed by atoms with Crippen LogP contribution in [0, 0.1) is 6.92 Å².